The predicted octanol–water partition coefficient (Wildman–Crippen LogP) is 2.18. The Morgan fingerprint density at radius 3 is 2.82 bits per heavy atom. The lowest BCUT2D eigenvalue weighted by molar-refractivity contribution is -0.150. The van der Waals surface area contributed by atoms with Crippen molar-refractivity contribution in [1.29, 1.82) is 0 Å². The molecule has 2 saturated heterocycles. The van der Waals surface area contributed by atoms with Gasteiger partial charge in [0.2, 0.25) is 17.6 Å². The summed E-state index contributed by atoms with van der Waals surface area (Å²) in [6.07, 6.45) is 0.513. The highest BCUT2D eigenvalue weighted by Gasteiger charge is 2.45. The predicted molar refractivity (Wildman–Crippen MR) is 112 cm³/mol. The average Bonchev–Trinajstić information content (AvgIpc) is 3.30. The van der Waals surface area contributed by atoms with Gasteiger partial charge in [-0.2, -0.15) is 13.2 Å². The number of aromatic nitrogens is 2. The van der Waals surface area contributed by atoms with Crippen LogP contribution in [0.2, 0.25) is 0 Å². The zero-order valence-electron chi connectivity index (χ0n) is 17.8. The van der Waals surface area contributed by atoms with Crippen LogP contribution >= 0.6 is 0 Å². The monoisotopic (exact) mass is 465 g/mol. The fourth-order valence-electron chi connectivity index (χ4n) is 3.71. The molecule has 176 valence electrons. The first-order chi connectivity index (χ1) is 15.7. The summed E-state index contributed by atoms with van der Waals surface area (Å²) in [5.74, 6) is -2.98. The van der Waals surface area contributed by atoms with Crippen molar-refractivity contribution < 1.29 is 32.2 Å². The first-order valence-electron chi connectivity index (χ1n) is 10.4. The van der Waals surface area contributed by atoms with E-state index in [9.17, 15) is 22.8 Å². The smallest absolute Gasteiger partial charge is 0.401 e. The summed E-state index contributed by atoms with van der Waals surface area (Å²) >= 11 is 0. The number of rotatable bonds is 5. The van der Waals surface area contributed by atoms with Crippen LogP contribution in [0.3, 0.4) is 0 Å². The number of ether oxygens (including phenoxy) is 2. The van der Waals surface area contributed by atoms with Crippen molar-refractivity contribution in [2.75, 3.05) is 39.3 Å². The Labute approximate surface area is 186 Å². The maximum atomic E-state index is 13.0. The number of carbonyl (C=O) groups is 2. The second kappa shape index (κ2) is 9.22. The van der Waals surface area contributed by atoms with Gasteiger partial charge in [-0.25, -0.2) is 4.98 Å². The number of fused-ring (bicyclic) bond motifs is 1. The number of Topliss-reactive ketones (excluding diaryl/α,β-unsaturated/α-hetero) is 1. The Kier molecular flexibility index (Phi) is 6.36. The maximum Gasteiger partial charge on any atom is 0.401 e. The summed E-state index contributed by atoms with van der Waals surface area (Å²) in [5, 5.41) is 6.54. The third-order valence-electron chi connectivity index (χ3n) is 5.25. The third-order valence-corrected chi connectivity index (χ3v) is 5.25. The van der Waals surface area contributed by atoms with E-state index in [-0.39, 0.29) is 44.4 Å². The number of allylic oxidation sites excluding steroid dienone is 1. The minimum Gasteiger partial charge on any atom is -0.465 e. The van der Waals surface area contributed by atoms with Gasteiger partial charge in [-0.3, -0.25) is 19.5 Å². The summed E-state index contributed by atoms with van der Waals surface area (Å²) in [6, 6.07) is 3.57. The molecule has 12 heteroatoms. The van der Waals surface area contributed by atoms with Crippen LogP contribution < -0.4 is 0 Å². The fourth-order valence-corrected chi connectivity index (χ4v) is 3.71. The summed E-state index contributed by atoms with van der Waals surface area (Å²) in [4.78, 5) is 33.9. The van der Waals surface area contributed by atoms with Gasteiger partial charge in [-0.15, -0.1) is 5.10 Å². The number of hydrogen-bond acceptors (Lipinski definition) is 8. The van der Waals surface area contributed by atoms with Crippen LogP contribution in [0.5, 0.6) is 0 Å². The molecule has 1 unspecified atom stereocenters. The fraction of sp³-hybridized carbons (Fsp3) is 0.429. The van der Waals surface area contributed by atoms with Crippen LogP contribution in [0, 0.1) is 5.92 Å². The number of halogens is 3. The molecule has 0 saturated carbocycles. The molecule has 0 spiro atoms. The van der Waals surface area contributed by atoms with Crippen LogP contribution in [0.25, 0.3) is 17.1 Å². The minimum absolute atomic E-state index is 0.0686. The number of hydrogen-bond donors (Lipinski definition) is 1. The standard InChI is InChI=1S/C21H22F3N5O4/c1-2-32-20(31)16-17(30)15(10-13-11-26-18-14(13)4-3-5-25-18)33-19(16)27-29-8-6-28(7-9-29)12-21(22,23)24/h3-5,10-11,16H,2,6-9,12H2,1H3,(H,25,26)/b15-10-,27-19-. The van der Waals surface area contributed by atoms with Crippen molar-refractivity contribution in [3.8, 4) is 0 Å². The molecule has 0 amide bonds. The van der Waals surface area contributed by atoms with Crippen molar-refractivity contribution >= 4 is 34.8 Å². The molecule has 2 aliphatic rings. The van der Waals surface area contributed by atoms with Crippen molar-refractivity contribution in [2.24, 2.45) is 11.0 Å². The van der Waals surface area contributed by atoms with Crippen LogP contribution in [0.1, 0.15) is 12.5 Å². The average molecular weight is 465 g/mol. The SMILES string of the molecule is CCOC(=O)C1C(=O)/C(=C/c2c[nH]c3ncccc23)O/C1=N\N1CCN(CC(F)(F)F)CC1. The van der Waals surface area contributed by atoms with Crippen molar-refractivity contribution in [2.45, 2.75) is 13.1 Å². The Morgan fingerprint density at radius 2 is 2.12 bits per heavy atom. The molecule has 4 rings (SSSR count). The van der Waals surface area contributed by atoms with Crippen molar-refractivity contribution in [1.82, 2.24) is 19.9 Å². The highest BCUT2D eigenvalue weighted by atomic mass is 19.4. The molecule has 1 N–H and O–H groups in total. The maximum absolute atomic E-state index is 13.0. The normalized spacial score (nSPS) is 22.4. The van der Waals surface area contributed by atoms with Gasteiger partial charge >= 0.3 is 12.1 Å². The first kappa shape index (κ1) is 22.8. The molecule has 0 radical (unpaired) electrons. The summed E-state index contributed by atoms with van der Waals surface area (Å²) < 4.78 is 48.5. The zero-order chi connectivity index (χ0) is 23.6. The topological polar surface area (TPSA) is 100 Å². The summed E-state index contributed by atoms with van der Waals surface area (Å²) in [7, 11) is 0. The lowest BCUT2D eigenvalue weighted by Gasteiger charge is -2.33. The Balaban J connectivity index is 1.56. The van der Waals surface area contributed by atoms with Gasteiger partial charge < -0.3 is 14.5 Å². The van der Waals surface area contributed by atoms with Crippen LogP contribution in [-0.4, -0.2) is 83.0 Å². The molecular weight excluding hydrogens is 443 g/mol. The van der Waals surface area contributed by atoms with E-state index < -0.39 is 30.4 Å². The van der Waals surface area contributed by atoms with E-state index >= 15 is 0 Å². The van der Waals surface area contributed by atoms with E-state index in [2.05, 4.69) is 15.1 Å². The number of piperazine rings is 1. The molecule has 33 heavy (non-hydrogen) atoms. The quantitative estimate of drug-likeness (QED) is 0.410. The third kappa shape index (κ3) is 5.16. The second-order valence-electron chi connectivity index (χ2n) is 7.59. The summed E-state index contributed by atoms with van der Waals surface area (Å²) in [6.45, 7) is 1.35. The van der Waals surface area contributed by atoms with E-state index in [1.54, 1.807) is 25.4 Å². The molecule has 4 heterocycles. The molecule has 2 fully saturated rings. The zero-order valence-corrected chi connectivity index (χ0v) is 17.8. The Hall–Kier alpha value is -3.41. The largest absolute Gasteiger partial charge is 0.465 e. The van der Waals surface area contributed by atoms with Crippen molar-refractivity contribution in [3.63, 3.8) is 0 Å². The lowest BCUT2D eigenvalue weighted by Crippen LogP contribution is -2.47. The molecule has 0 aliphatic carbocycles. The van der Waals surface area contributed by atoms with Crippen LogP contribution in [-0.2, 0) is 19.1 Å². The van der Waals surface area contributed by atoms with E-state index in [0.29, 0.717) is 11.2 Å². The van der Waals surface area contributed by atoms with Gasteiger partial charge in [0.25, 0.3) is 0 Å². The molecule has 1 atom stereocenters. The van der Waals surface area contributed by atoms with Gasteiger partial charge in [0.15, 0.2) is 5.76 Å². The number of H-pyrrole nitrogens is 1. The number of alkyl halides is 3. The molecular formula is C21H22F3N5O4. The highest BCUT2D eigenvalue weighted by Crippen LogP contribution is 2.28. The van der Waals surface area contributed by atoms with E-state index in [4.69, 9.17) is 9.47 Å². The molecule has 2 aliphatic heterocycles. The molecule has 9 nitrogen and oxygen atoms in total. The van der Waals surface area contributed by atoms with E-state index in [0.717, 1.165) is 5.39 Å². The molecule has 0 bridgehead atoms. The minimum atomic E-state index is -4.28. The lowest BCUT2D eigenvalue weighted by atomic mass is 10.0. The van der Waals surface area contributed by atoms with Crippen molar-refractivity contribution in [3.05, 3.63) is 35.8 Å². The Morgan fingerprint density at radius 1 is 1.36 bits per heavy atom. The highest BCUT2D eigenvalue weighted by molar-refractivity contribution is 6.27. The number of carbonyl (C=O) groups excluding carboxylic acids is 2. The number of ketones is 1. The molecule has 0 aromatic carbocycles. The number of pyridine rings is 1. The number of hydrazone groups is 1. The van der Waals surface area contributed by atoms with Gasteiger partial charge in [-0.1, -0.05) is 0 Å². The molecule has 2 aromatic heterocycles. The summed E-state index contributed by atoms with van der Waals surface area (Å²) in [5.41, 5.74) is 1.27. The van der Waals surface area contributed by atoms with Gasteiger partial charge in [0.05, 0.1) is 13.2 Å². The van der Waals surface area contributed by atoms with E-state index in [1.165, 1.54) is 16.0 Å². The Bertz CT molecular complexity index is 1100. The van der Waals surface area contributed by atoms with E-state index in [1.807, 2.05) is 6.07 Å². The molecule has 2 aromatic rings. The number of esters is 1. The first-order valence-corrected chi connectivity index (χ1v) is 10.4. The van der Waals surface area contributed by atoms with Gasteiger partial charge in [0.1, 0.15) is 5.65 Å². The van der Waals surface area contributed by atoms with Gasteiger partial charge in [-0.05, 0) is 25.1 Å². The second-order valence-corrected chi connectivity index (χ2v) is 7.59. The van der Waals surface area contributed by atoms with Crippen LogP contribution in [0.4, 0.5) is 13.2 Å². The van der Waals surface area contributed by atoms with Gasteiger partial charge in [0, 0.05) is 49.5 Å². The number of nitrogens with zero attached hydrogens (tertiary/aromatic N) is 4. The number of aromatic amines is 1. The number of nitrogens with one attached hydrogen (secondary N) is 1. The van der Waals surface area contributed by atoms with Crippen LogP contribution in [0.15, 0.2) is 35.4 Å².